The molecule has 5 nitrogen and oxygen atoms in total. The lowest BCUT2D eigenvalue weighted by molar-refractivity contribution is 0.0780. The van der Waals surface area contributed by atoms with Crippen molar-refractivity contribution in [3.8, 4) is 5.75 Å². The molecule has 1 aromatic rings. The maximum absolute atomic E-state index is 12.3. The Morgan fingerprint density at radius 3 is 2.74 bits per heavy atom. The van der Waals surface area contributed by atoms with E-state index < -0.39 is 16.2 Å². The number of benzene rings is 1. The highest BCUT2D eigenvalue weighted by atomic mass is 32.2. The summed E-state index contributed by atoms with van der Waals surface area (Å²) in [5.41, 5.74) is 1.18. The van der Waals surface area contributed by atoms with Crippen molar-refractivity contribution >= 4 is 15.9 Å². The molecule has 1 atom stereocenters. The lowest BCUT2D eigenvalue weighted by Crippen LogP contribution is -2.29. The zero-order chi connectivity index (χ0) is 14.0. The Kier molecular flexibility index (Phi) is 3.91. The number of carbonyl (C=O) groups excluding carboxylic acids is 1. The number of phenols is 1. The van der Waals surface area contributed by atoms with Crippen LogP contribution in [0.5, 0.6) is 5.75 Å². The van der Waals surface area contributed by atoms with Crippen LogP contribution >= 0.6 is 0 Å². The summed E-state index contributed by atoms with van der Waals surface area (Å²) < 4.78 is 27.3. The Balaban J connectivity index is 2.37. The third-order valence-electron chi connectivity index (χ3n) is 3.10. The summed E-state index contributed by atoms with van der Waals surface area (Å²) in [6, 6.07) is 4.50. The summed E-state index contributed by atoms with van der Waals surface area (Å²) in [5.74, 6) is -0.229. The number of phenolic OH excluding ortho intramolecular Hbond substituents is 1. The third kappa shape index (κ3) is 3.54. The van der Waals surface area contributed by atoms with E-state index in [9.17, 15) is 18.3 Å². The fourth-order valence-corrected chi connectivity index (χ4v) is 2.89. The lowest BCUT2D eigenvalue weighted by Gasteiger charge is -2.20. The van der Waals surface area contributed by atoms with Crippen LogP contribution in [0.3, 0.4) is 0 Å². The number of carbonyl (C=O) groups is 1. The van der Waals surface area contributed by atoms with Crippen LogP contribution in [-0.2, 0) is 20.7 Å². The van der Waals surface area contributed by atoms with Crippen molar-refractivity contribution in [2.45, 2.75) is 31.8 Å². The van der Waals surface area contributed by atoms with Crippen molar-refractivity contribution in [3.05, 3.63) is 29.3 Å². The molecule has 0 saturated heterocycles. The van der Waals surface area contributed by atoms with Gasteiger partial charge in [-0.25, -0.2) is 0 Å². The number of rotatable bonds is 2. The number of hydrogen-bond donors (Lipinski definition) is 1. The minimum absolute atomic E-state index is 0.104. The van der Waals surface area contributed by atoms with Crippen LogP contribution in [0.4, 0.5) is 0 Å². The minimum Gasteiger partial charge on any atom is -0.508 e. The highest BCUT2D eigenvalue weighted by Crippen LogP contribution is 2.25. The van der Waals surface area contributed by atoms with Gasteiger partial charge in [0, 0.05) is 5.56 Å². The zero-order valence-electron chi connectivity index (χ0n) is 10.6. The molecule has 0 aliphatic heterocycles. The van der Waals surface area contributed by atoms with Crippen molar-refractivity contribution in [1.29, 1.82) is 0 Å². The van der Waals surface area contributed by atoms with E-state index >= 15 is 0 Å². The van der Waals surface area contributed by atoms with Crippen molar-refractivity contribution in [2.24, 2.45) is 0 Å². The molecule has 0 fully saturated rings. The van der Waals surface area contributed by atoms with E-state index in [0.29, 0.717) is 24.8 Å². The van der Waals surface area contributed by atoms with Gasteiger partial charge in [-0.3, -0.25) is 8.98 Å². The van der Waals surface area contributed by atoms with Gasteiger partial charge in [0.05, 0.1) is 6.26 Å². The second-order valence-electron chi connectivity index (χ2n) is 4.74. The first-order valence-electron chi connectivity index (χ1n) is 6.11. The Hall–Kier alpha value is -1.40. The van der Waals surface area contributed by atoms with Crippen molar-refractivity contribution < 1.29 is 22.5 Å². The van der Waals surface area contributed by atoms with Gasteiger partial charge in [-0.15, -0.1) is 0 Å². The van der Waals surface area contributed by atoms with Gasteiger partial charge in [0.15, 0.2) is 5.78 Å². The Bertz CT molecular complexity index is 591. The first-order chi connectivity index (χ1) is 8.87. The van der Waals surface area contributed by atoms with E-state index in [1.54, 1.807) is 6.07 Å². The molecule has 0 bridgehead atoms. The third-order valence-corrected chi connectivity index (χ3v) is 3.68. The highest BCUT2D eigenvalue weighted by Gasteiger charge is 2.28. The second kappa shape index (κ2) is 5.30. The van der Waals surface area contributed by atoms with Crippen LogP contribution < -0.4 is 0 Å². The molecule has 2 rings (SSSR count). The molecule has 0 heterocycles. The molecule has 0 spiro atoms. The summed E-state index contributed by atoms with van der Waals surface area (Å²) in [6.07, 6.45) is 2.61. The van der Waals surface area contributed by atoms with E-state index in [0.717, 1.165) is 18.2 Å². The summed E-state index contributed by atoms with van der Waals surface area (Å²) >= 11 is 0. The molecule has 0 amide bonds. The first-order valence-corrected chi connectivity index (χ1v) is 7.93. The first kappa shape index (κ1) is 14.0. The van der Waals surface area contributed by atoms with Crippen LogP contribution in [0.2, 0.25) is 0 Å². The minimum atomic E-state index is -3.67. The van der Waals surface area contributed by atoms with Crippen LogP contribution in [0, 0.1) is 0 Å². The summed E-state index contributed by atoms with van der Waals surface area (Å²) in [4.78, 5) is 12.3. The number of aryl methyl sites for hydroxylation is 1. The SMILES string of the molecule is CS(=O)(=O)OC1CCCCc2cc(O)ccc2C1=O. The summed E-state index contributed by atoms with van der Waals surface area (Å²) in [6.45, 7) is 0. The monoisotopic (exact) mass is 284 g/mol. The highest BCUT2D eigenvalue weighted by molar-refractivity contribution is 7.86. The predicted octanol–water partition coefficient (Wildman–Crippen LogP) is 1.65. The second-order valence-corrected chi connectivity index (χ2v) is 6.34. The van der Waals surface area contributed by atoms with Crippen molar-refractivity contribution in [1.82, 2.24) is 0 Å². The van der Waals surface area contributed by atoms with E-state index in [4.69, 9.17) is 4.18 Å². The van der Waals surface area contributed by atoms with E-state index in [2.05, 4.69) is 0 Å². The quantitative estimate of drug-likeness (QED) is 0.835. The molecule has 1 aliphatic carbocycles. The Labute approximate surface area is 112 Å². The van der Waals surface area contributed by atoms with Gasteiger partial charge < -0.3 is 5.11 Å². The molecule has 0 aromatic heterocycles. The van der Waals surface area contributed by atoms with Gasteiger partial charge in [0.25, 0.3) is 10.1 Å². The normalized spacial score (nSPS) is 20.5. The van der Waals surface area contributed by atoms with Crippen molar-refractivity contribution in [2.75, 3.05) is 6.26 Å². The number of Topliss-reactive ketones (excluding diaryl/α,β-unsaturated/α-hetero) is 1. The molecular formula is C13H16O5S. The molecule has 19 heavy (non-hydrogen) atoms. The van der Waals surface area contributed by atoms with Crippen LogP contribution in [0.25, 0.3) is 0 Å². The van der Waals surface area contributed by atoms with E-state index in [-0.39, 0.29) is 11.5 Å². The van der Waals surface area contributed by atoms with Gasteiger partial charge in [-0.1, -0.05) is 6.42 Å². The van der Waals surface area contributed by atoms with Crippen LogP contribution in [0.1, 0.15) is 35.2 Å². The molecule has 0 saturated carbocycles. The summed E-state index contributed by atoms with van der Waals surface area (Å²) in [7, 11) is -3.67. The smallest absolute Gasteiger partial charge is 0.265 e. The average molecular weight is 284 g/mol. The number of aromatic hydroxyl groups is 1. The van der Waals surface area contributed by atoms with Gasteiger partial charge in [-0.2, -0.15) is 8.42 Å². The lowest BCUT2D eigenvalue weighted by atomic mass is 9.91. The van der Waals surface area contributed by atoms with E-state index in [1.165, 1.54) is 12.1 Å². The molecule has 1 N–H and O–H groups in total. The topological polar surface area (TPSA) is 80.7 Å². The standard InChI is InChI=1S/C13H16O5S/c1-19(16,17)18-12-5-3-2-4-9-8-10(14)6-7-11(9)13(12)15/h6-8,12,14H,2-5H2,1H3. The maximum Gasteiger partial charge on any atom is 0.265 e. The predicted molar refractivity (Wildman–Crippen MR) is 69.7 cm³/mol. The van der Waals surface area contributed by atoms with Crippen molar-refractivity contribution in [3.63, 3.8) is 0 Å². The van der Waals surface area contributed by atoms with E-state index in [1.807, 2.05) is 0 Å². The maximum atomic E-state index is 12.3. The summed E-state index contributed by atoms with van der Waals surface area (Å²) in [5, 5.41) is 9.45. The van der Waals surface area contributed by atoms with Crippen LogP contribution in [0.15, 0.2) is 18.2 Å². The van der Waals surface area contributed by atoms with Gasteiger partial charge in [-0.05, 0) is 43.0 Å². The molecular weight excluding hydrogens is 268 g/mol. The largest absolute Gasteiger partial charge is 0.508 e. The van der Waals surface area contributed by atoms with Gasteiger partial charge >= 0.3 is 0 Å². The molecule has 0 radical (unpaired) electrons. The van der Waals surface area contributed by atoms with Gasteiger partial charge in [0.2, 0.25) is 0 Å². The molecule has 1 aliphatic rings. The Morgan fingerprint density at radius 2 is 2.05 bits per heavy atom. The van der Waals surface area contributed by atoms with Crippen LogP contribution in [-0.4, -0.2) is 31.7 Å². The zero-order valence-corrected chi connectivity index (χ0v) is 11.4. The molecule has 104 valence electrons. The molecule has 1 unspecified atom stereocenters. The average Bonchev–Trinajstić information content (AvgIpc) is 2.29. The molecule has 1 aromatic carbocycles. The van der Waals surface area contributed by atoms with Gasteiger partial charge in [0.1, 0.15) is 11.9 Å². The molecule has 6 heteroatoms. The Morgan fingerprint density at radius 1 is 1.32 bits per heavy atom. The number of hydrogen-bond acceptors (Lipinski definition) is 5. The number of ketones is 1. The fraction of sp³-hybridized carbons (Fsp3) is 0.462. The number of fused-ring (bicyclic) bond motifs is 1. The fourth-order valence-electron chi connectivity index (χ4n) is 2.28.